The smallest absolute Gasteiger partial charge is 0.315 e. The van der Waals surface area contributed by atoms with E-state index in [1.165, 1.54) is 0 Å². The van der Waals surface area contributed by atoms with Crippen LogP contribution in [-0.4, -0.2) is 59.6 Å². The first-order valence-electron chi connectivity index (χ1n) is 8.65. The molecule has 1 fully saturated rings. The zero-order valence-corrected chi connectivity index (χ0v) is 14.5. The van der Waals surface area contributed by atoms with Crippen LogP contribution in [0.25, 0.3) is 5.69 Å². The maximum atomic E-state index is 12.0. The van der Waals surface area contributed by atoms with Gasteiger partial charge in [-0.1, -0.05) is 18.2 Å². The number of urea groups is 1. The first-order chi connectivity index (χ1) is 12.2. The highest BCUT2D eigenvalue weighted by atomic mass is 16.5. The Morgan fingerprint density at radius 2 is 2.00 bits per heavy atom. The van der Waals surface area contributed by atoms with E-state index in [1.54, 1.807) is 10.9 Å². The molecule has 7 nitrogen and oxygen atoms in total. The van der Waals surface area contributed by atoms with Crippen LogP contribution in [-0.2, 0) is 11.3 Å². The molecule has 1 aromatic carbocycles. The van der Waals surface area contributed by atoms with E-state index in [0.29, 0.717) is 19.1 Å². The molecule has 2 N–H and O–H groups in total. The van der Waals surface area contributed by atoms with Crippen molar-refractivity contribution in [2.45, 2.75) is 19.5 Å². The molecule has 0 saturated carbocycles. The number of para-hydroxylation sites is 1. The lowest BCUT2D eigenvalue weighted by molar-refractivity contribution is 0.0209. The van der Waals surface area contributed by atoms with E-state index in [9.17, 15) is 4.79 Å². The van der Waals surface area contributed by atoms with Gasteiger partial charge in [0.2, 0.25) is 0 Å². The number of aromatic nitrogens is 2. The van der Waals surface area contributed by atoms with Crippen LogP contribution in [0, 0.1) is 0 Å². The van der Waals surface area contributed by atoms with Crippen LogP contribution in [0.3, 0.4) is 0 Å². The molecule has 1 atom stereocenters. The van der Waals surface area contributed by atoms with E-state index in [2.05, 4.69) is 27.6 Å². The Bertz CT molecular complexity index is 667. The fourth-order valence-corrected chi connectivity index (χ4v) is 2.81. The summed E-state index contributed by atoms with van der Waals surface area (Å²) < 4.78 is 7.15. The number of carbonyl (C=O) groups is 1. The number of nitrogens with one attached hydrogen (secondary N) is 2. The summed E-state index contributed by atoms with van der Waals surface area (Å²) in [6.07, 6.45) is 3.69. The van der Waals surface area contributed by atoms with Crippen molar-refractivity contribution in [1.29, 1.82) is 0 Å². The standard InChI is InChI=1S/C18H25N5O2/c1-15(22-7-9-25-10-8-22)11-19-18(24)20-12-16-13-21-23(14-16)17-5-3-2-4-6-17/h2-6,13-15H,7-12H2,1H3,(H2,19,20,24)/t15-/m1/s1. The maximum absolute atomic E-state index is 12.0. The molecule has 25 heavy (non-hydrogen) atoms. The summed E-state index contributed by atoms with van der Waals surface area (Å²) in [6.45, 7) is 6.56. The van der Waals surface area contributed by atoms with Crippen LogP contribution in [0.15, 0.2) is 42.7 Å². The van der Waals surface area contributed by atoms with Crippen LogP contribution < -0.4 is 10.6 Å². The second-order valence-electron chi connectivity index (χ2n) is 6.19. The first kappa shape index (κ1) is 17.4. The van der Waals surface area contributed by atoms with E-state index in [0.717, 1.165) is 37.6 Å². The third-order valence-electron chi connectivity index (χ3n) is 4.34. The van der Waals surface area contributed by atoms with Gasteiger partial charge in [-0.25, -0.2) is 9.48 Å². The summed E-state index contributed by atoms with van der Waals surface area (Å²) in [4.78, 5) is 14.3. The van der Waals surface area contributed by atoms with Gasteiger partial charge in [0, 0.05) is 44.0 Å². The number of nitrogens with zero attached hydrogens (tertiary/aromatic N) is 3. The van der Waals surface area contributed by atoms with Gasteiger partial charge in [0.25, 0.3) is 0 Å². The minimum absolute atomic E-state index is 0.160. The molecule has 0 aliphatic carbocycles. The van der Waals surface area contributed by atoms with Crippen molar-refractivity contribution >= 4 is 6.03 Å². The van der Waals surface area contributed by atoms with Crippen molar-refractivity contribution in [3.8, 4) is 5.69 Å². The fraction of sp³-hybridized carbons (Fsp3) is 0.444. The molecular weight excluding hydrogens is 318 g/mol. The number of hydrogen-bond donors (Lipinski definition) is 2. The van der Waals surface area contributed by atoms with Gasteiger partial charge in [-0.3, -0.25) is 4.90 Å². The summed E-state index contributed by atoms with van der Waals surface area (Å²) in [6, 6.07) is 10.0. The topological polar surface area (TPSA) is 71.4 Å². The van der Waals surface area contributed by atoms with Crippen LogP contribution in [0.4, 0.5) is 4.79 Å². The lowest BCUT2D eigenvalue weighted by atomic mass is 10.2. The van der Waals surface area contributed by atoms with E-state index >= 15 is 0 Å². The molecule has 1 aromatic heterocycles. The highest BCUT2D eigenvalue weighted by molar-refractivity contribution is 5.73. The summed E-state index contributed by atoms with van der Waals surface area (Å²) in [5, 5.41) is 10.1. The fourth-order valence-electron chi connectivity index (χ4n) is 2.81. The molecule has 0 unspecified atom stereocenters. The average Bonchev–Trinajstić information content (AvgIpc) is 3.15. The Hall–Kier alpha value is -2.38. The lowest BCUT2D eigenvalue weighted by Gasteiger charge is -2.32. The molecule has 3 rings (SSSR count). The highest BCUT2D eigenvalue weighted by Gasteiger charge is 2.17. The van der Waals surface area contributed by atoms with Gasteiger partial charge in [-0.15, -0.1) is 0 Å². The number of morpholine rings is 1. The normalized spacial score (nSPS) is 16.4. The average molecular weight is 343 g/mol. The minimum Gasteiger partial charge on any atom is -0.379 e. The van der Waals surface area contributed by atoms with Crippen molar-refractivity contribution in [2.24, 2.45) is 0 Å². The van der Waals surface area contributed by atoms with Crippen LogP contribution >= 0.6 is 0 Å². The van der Waals surface area contributed by atoms with Gasteiger partial charge in [0.1, 0.15) is 0 Å². The molecule has 134 valence electrons. The van der Waals surface area contributed by atoms with E-state index < -0.39 is 0 Å². The molecule has 2 amide bonds. The summed E-state index contributed by atoms with van der Waals surface area (Å²) in [7, 11) is 0. The van der Waals surface area contributed by atoms with Crippen LogP contribution in [0.1, 0.15) is 12.5 Å². The van der Waals surface area contributed by atoms with Crippen molar-refractivity contribution < 1.29 is 9.53 Å². The Morgan fingerprint density at radius 3 is 2.76 bits per heavy atom. The maximum Gasteiger partial charge on any atom is 0.315 e. The molecular formula is C18H25N5O2. The Labute approximate surface area is 148 Å². The van der Waals surface area contributed by atoms with Gasteiger partial charge < -0.3 is 15.4 Å². The molecule has 7 heteroatoms. The monoisotopic (exact) mass is 343 g/mol. The molecule has 2 heterocycles. The number of ether oxygens (including phenoxy) is 1. The zero-order chi connectivity index (χ0) is 17.5. The third-order valence-corrected chi connectivity index (χ3v) is 4.34. The van der Waals surface area contributed by atoms with Crippen molar-refractivity contribution in [1.82, 2.24) is 25.3 Å². The van der Waals surface area contributed by atoms with Gasteiger partial charge in [0.05, 0.1) is 25.1 Å². The molecule has 2 aromatic rings. The number of rotatable bonds is 6. The predicted molar refractivity (Wildman–Crippen MR) is 95.7 cm³/mol. The van der Waals surface area contributed by atoms with Gasteiger partial charge in [-0.2, -0.15) is 5.10 Å². The summed E-state index contributed by atoms with van der Waals surface area (Å²) >= 11 is 0. The zero-order valence-electron chi connectivity index (χ0n) is 14.5. The van der Waals surface area contributed by atoms with Gasteiger partial charge in [0.15, 0.2) is 0 Å². The predicted octanol–water partition coefficient (Wildman–Crippen LogP) is 1.39. The van der Waals surface area contributed by atoms with Crippen LogP contribution in [0.2, 0.25) is 0 Å². The third kappa shape index (κ3) is 5.04. The van der Waals surface area contributed by atoms with Crippen molar-refractivity contribution in [2.75, 3.05) is 32.8 Å². The van der Waals surface area contributed by atoms with E-state index in [4.69, 9.17) is 4.74 Å². The van der Waals surface area contributed by atoms with E-state index in [1.807, 2.05) is 36.5 Å². The highest BCUT2D eigenvalue weighted by Crippen LogP contribution is 2.07. The van der Waals surface area contributed by atoms with Crippen molar-refractivity contribution in [3.05, 3.63) is 48.3 Å². The minimum atomic E-state index is -0.160. The second kappa shape index (κ2) is 8.64. The number of carbonyl (C=O) groups excluding carboxylic acids is 1. The molecule has 0 radical (unpaired) electrons. The van der Waals surface area contributed by atoms with Crippen LogP contribution in [0.5, 0.6) is 0 Å². The molecule has 1 aliphatic rings. The summed E-state index contributed by atoms with van der Waals surface area (Å²) in [5.41, 5.74) is 1.96. The van der Waals surface area contributed by atoms with Gasteiger partial charge >= 0.3 is 6.03 Å². The molecule has 0 bridgehead atoms. The summed E-state index contributed by atoms with van der Waals surface area (Å²) in [5.74, 6) is 0. The molecule has 1 aliphatic heterocycles. The largest absolute Gasteiger partial charge is 0.379 e. The first-order valence-corrected chi connectivity index (χ1v) is 8.65. The Morgan fingerprint density at radius 1 is 1.24 bits per heavy atom. The SMILES string of the molecule is C[C@H](CNC(=O)NCc1cnn(-c2ccccc2)c1)N1CCOCC1. The number of hydrogen-bond acceptors (Lipinski definition) is 4. The van der Waals surface area contributed by atoms with Crippen molar-refractivity contribution in [3.63, 3.8) is 0 Å². The second-order valence-corrected chi connectivity index (χ2v) is 6.19. The Kier molecular flexibility index (Phi) is 6.03. The number of amides is 2. The lowest BCUT2D eigenvalue weighted by Crippen LogP contribution is -2.48. The van der Waals surface area contributed by atoms with Gasteiger partial charge in [-0.05, 0) is 19.1 Å². The number of benzene rings is 1. The molecule has 0 spiro atoms. The molecule has 1 saturated heterocycles. The van der Waals surface area contributed by atoms with E-state index in [-0.39, 0.29) is 6.03 Å². The quantitative estimate of drug-likeness (QED) is 0.832. The Balaban J connectivity index is 1.41.